The lowest BCUT2D eigenvalue weighted by molar-refractivity contribution is 0.262. The van der Waals surface area contributed by atoms with E-state index in [0.29, 0.717) is 22.8 Å². The van der Waals surface area contributed by atoms with Crippen LogP contribution in [0.4, 0.5) is 26.6 Å². The third-order valence-electron chi connectivity index (χ3n) is 5.36. The van der Waals surface area contributed by atoms with Crippen LogP contribution >= 0.6 is 11.6 Å². The van der Waals surface area contributed by atoms with E-state index in [9.17, 15) is 14.0 Å². The Morgan fingerprint density at radius 3 is 2.61 bits per heavy atom. The van der Waals surface area contributed by atoms with Gasteiger partial charge in [-0.05, 0) is 30.0 Å². The van der Waals surface area contributed by atoms with E-state index in [0.717, 1.165) is 18.2 Å². The Kier molecular flexibility index (Phi) is 6.68. The third kappa shape index (κ3) is 5.30. The second-order valence-corrected chi connectivity index (χ2v) is 9.96. The summed E-state index contributed by atoms with van der Waals surface area (Å²) in [6, 6.07) is 4.97. The normalized spacial score (nSPS) is 11.5. The Hall–Kier alpha value is -3.99. The maximum atomic E-state index is 14.7. The van der Waals surface area contributed by atoms with Crippen LogP contribution in [0.3, 0.4) is 0 Å². The molecule has 1 aromatic carbocycles. The molecule has 4 N–H and O–H groups in total. The zero-order chi connectivity index (χ0) is 26.2. The minimum absolute atomic E-state index is 0.0156. The maximum Gasteiger partial charge on any atom is 0.324 e. The molecule has 0 radical (unpaired) electrons. The van der Waals surface area contributed by atoms with Crippen molar-refractivity contribution in [3.8, 4) is 11.1 Å². The van der Waals surface area contributed by atoms with Crippen LogP contribution in [0.15, 0.2) is 35.3 Å². The van der Waals surface area contributed by atoms with Gasteiger partial charge in [0.15, 0.2) is 5.82 Å². The number of carbonyl (C=O) groups is 1. The van der Waals surface area contributed by atoms with E-state index in [1.54, 1.807) is 32.4 Å². The minimum atomic E-state index is -0.756. The van der Waals surface area contributed by atoms with E-state index >= 15 is 0 Å². The first kappa shape index (κ1) is 25.1. The molecular formula is C24H26ClFN8O2. The molecule has 0 unspecified atom stereocenters. The summed E-state index contributed by atoms with van der Waals surface area (Å²) in [5.74, 6) is -0.0929. The number of H-pyrrole nitrogens is 1. The topological polar surface area (TPSA) is 130 Å². The Bertz CT molecular complexity index is 1520. The first-order valence-electron chi connectivity index (χ1n) is 11.1. The Labute approximate surface area is 211 Å². The fourth-order valence-corrected chi connectivity index (χ4v) is 4.02. The van der Waals surface area contributed by atoms with Crippen molar-refractivity contribution in [3.63, 3.8) is 0 Å². The molecule has 0 aliphatic carbocycles. The number of hydrogen-bond donors (Lipinski definition) is 4. The molecule has 4 rings (SSSR count). The molecule has 3 heterocycles. The van der Waals surface area contributed by atoms with Gasteiger partial charge in [0.05, 0.1) is 10.7 Å². The van der Waals surface area contributed by atoms with Gasteiger partial charge in [0.2, 0.25) is 5.95 Å². The Balaban J connectivity index is 1.63. The Morgan fingerprint density at radius 1 is 1.17 bits per heavy atom. The lowest BCUT2D eigenvalue weighted by atomic mass is 9.91. The number of fused-ring (bicyclic) bond motifs is 1. The van der Waals surface area contributed by atoms with E-state index in [1.807, 2.05) is 0 Å². The highest BCUT2D eigenvalue weighted by atomic mass is 35.5. The lowest BCUT2D eigenvalue weighted by Gasteiger charge is -2.15. The number of amides is 2. The van der Waals surface area contributed by atoms with Crippen molar-refractivity contribution >= 4 is 46.1 Å². The van der Waals surface area contributed by atoms with Gasteiger partial charge >= 0.3 is 6.03 Å². The molecular weight excluding hydrogens is 487 g/mol. The molecule has 0 aliphatic heterocycles. The molecule has 2 amide bonds. The number of rotatable bonds is 5. The summed E-state index contributed by atoms with van der Waals surface area (Å²) in [4.78, 5) is 34.2. The van der Waals surface area contributed by atoms with Crippen LogP contribution in [0.5, 0.6) is 0 Å². The second-order valence-electron chi connectivity index (χ2n) is 9.55. The molecule has 0 atom stereocenters. The van der Waals surface area contributed by atoms with Gasteiger partial charge in [-0.3, -0.25) is 19.8 Å². The van der Waals surface area contributed by atoms with Crippen molar-refractivity contribution in [1.82, 2.24) is 24.7 Å². The van der Waals surface area contributed by atoms with E-state index < -0.39 is 17.4 Å². The number of pyridine rings is 1. The molecule has 188 valence electrons. The fourth-order valence-electron chi connectivity index (χ4n) is 3.77. The van der Waals surface area contributed by atoms with Crippen molar-refractivity contribution in [3.05, 3.63) is 57.3 Å². The third-order valence-corrected chi connectivity index (χ3v) is 5.67. The first-order chi connectivity index (χ1) is 16.9. The molecule has 0 saturated heterocycles. The van der Waals surface area contributed by atoms with Gasteiger partial charge in [0.25, 0.3) is 5.56 Å². The fraction of sp³-hybridized carbons (Fsp3) is 0.292. The molecule has 10 nitrogen and oxygen atoms in total. The van der Waals surface area contributed by atoms with Gasteiger partial charge < -0.3 is 10.6 Å². The van der Waals surface area contributed by atoms with E-state index in [4.69, 9.17) is 11.6 Å². The molecule has 12 heteroatoms. The second kappa shape index (κ2) is 9.57. The highest BCUT2D eigenvalue weighted by molar-refractivity contribution is 6.33. The predicted molar refractivity (Wildman–Crippen MR) is 139 cm³/mol. The quantitative estimate of drug-likeness (QED) is 0.304. The summed E-state index contributed by atoms with van der Waals surface area (Å²) in [6.45, 7) is 6.26. The summed E-state index contributed by atoms with van der Waals surface area (Å²) < 4.78 is 16.1. The van der Waals surface area contributed by atoms with Crippen molar-refractivity contribution in [2.75, 3.05) is 23.0 Å². The molecule has 3 aromatic heterocycles. The number of aromatic nitrogens is 5. The highest BCUT2D eigenvalue weighted by Crippen LogP contribution is 2.32. The number of anilines is 3. The number of aryl methyl sites for hydroxylation is 1. The summed E-state index contributed by atoms with van der Waals surface area (Å²) >= 11 is 6.31. The number of benzene rings is 1. The lowest BCUT2D eigenvalue weighted by Crippen LogP contribution is -2.21. The average molecular weight is 513 g/mol. The monoisotopic (exact) mass is 512 g/mol. The van der Waals surface area contributed by atoms with Crippen LogP contribution in [0.2, 0.25) is 5.02 Å². The number of nitrogens with one attached hydrogen (secondary N) is 4. The summed E-state index contributed by atoms with van der Waals surface area (Å²) in [5, 5.41) is 15.4. The van der Waals surface area contributed by atoms with Gasteiger partial charge in [-0.15, -0.1) is 0 Å². The largest absolute Gasteiger partial charge is 0.357 e. The average Bonchev–Trinajstić information content (AvgIpc) is 3.22. The van der Waals surface area contributed by atoms with Gasteiger partial charge in [-0.2, -0.15) is 10.1 Å². The number of hydrogen-bond acceptors (Lipinski definition) is 6. The van der Waals surface area contributed by atoms with E-state index in [1.165, 1.54) is 10.6 Å². The van der Waals surface area contributed by atoms with Gasteiger partial charge in [0.1, 0.15) is 11.5 Å². The van der Waals surface area contributed by atoms with E-state index in [-0.39, 0.29) is 27.3 Å². The van der Waals surface area contributed by atoms with Crippen LogP contribution in [0.1, 0.15) is 26.5 Å². The van der Waals surface area contributed by atoms with Crippen LogP contribution < -0.4 is 21.5 Å². The molecule has 0 aliphatic rings. The van der Waals surface area contributed by atoms with Crippen LogP contribution in [0.25, 0.3) is 22.2 Å². The van der Waals surface area contributed by atoms with E-state index in [2.05, 4.69) is 56.9 Å². The number of halogens is 2. The number of carbonyl (C=O) groups excluding carboxylic acids is 1. The summed E-state index contributed by atoms with van der Waals surface area (Å²) in [7, 11) is 3.25. The Morgan fingerprint density at radius 2 is 1.92 bits per heavy atom. The van der Waals surface area contributed by atoms with Gasteiger partial charge in [0, 0.05) is 48.6 Å². The minimum Gasteiger partial charge on any atom is -0.357 e. The molecule has 0 saturated carbocycles. The van der Waals surface area contributed by atoms with Crippen LogP contribution in [-0.2, 0) is 13.5 Å². The van der Waals surface area contributed by atoms with Crippen LogP contribution in [0, 0.1) is 11.2 Å². The first-order valence-corrected chi connectivity index (χ1v) is 11.5. The van der Waals surface area contributed by atoms with Gasteiger partial charge in [-0.25, -0.2) is 14.2 Å². The smallest absolute Gasteiger partial charge is 0.324 e. The SMILES string of the molecule is CNc1ncc2cc(-c3cc(NC(=O)Nc4cc(CC(C)(C)C)[nH]n4)c(F)cc3Cl)c(=O)n(C)c2n1. The van der Waals surface area contributed by atoms with Crippen molar-refractivity contribution in [1.29, 1.82) is 0 Å². The molecule has 0 fully saturated rings. The van der Waals surface area contributed by atoms with Crippen molar-refractivity contribution < 1.29 is 9.18 Å². The zero-order valence-electron chi connectivity index (χ0n) is 20.5. The highest BCUT2D eigenvalue weighted by Gasteiger charge is 2.18. The summed E-state index contributed by atoms with van der Waals surface area (Å²) in [6.07, 6.45) is 2.30. The number of urea groups is 1. The predicted octanol–water partition coefficient (Wildman–Crippen LogP) is 4.79. The summed E-state index contributed by atoms with van der Waals surface area (Å²) in [5.41, 5.74) is 1.23. The zero-order valence-corrected chi connectivity index (χ0v) is 21.2. The standard InChI is InChI=1S/C24H26ClFN8O2/c1-24(2,3)10-13-7-19(33-32-13)30-23(36)29-18-8-14(16(25)9-17(18)26)15-6-12-11-28-22(27-4)31-20(12)34(5)21(15)35/h6-9,11H,10H2,1-5H3,(H,27,28,31)(H3,29,30,32,33,36). The van der Waals surface area contributed by atoms with Crippen LogP contribution in [-0.4, -0.2) is 37.8 Å². The number of nitrogens with zero attached hydrogens (tertiary/aromatic N) is 4. The maximum absolute atomic E-state index is 14.7. The van der Waals surface area contributed by atoms with Gasteiger partial charge in [-0.1, -0.05) is 32.4 Å². The van der Waals surface area contributed by atoms with Crippen molar-refractivity contribution in [2.24, 2.45) is 12.5 Å². The molecule has 4 aromatic rings. The number of aromatic amines is 1. The molecule has 0 spiro atoms. The molecule has 0 bridgehead atoms. The molecule has 36 heavy (non-hydrogen) atoms. The van der Waals surface area contributed by atoms with Crippen molar-refractivity contribution in [2.45, 2.75) is 27.2 Å².